The first-order chi connectivity index (χ1) is 7.34. The normalized spacial score (nSPS) is 19.4. The zero-order chi connectivity index (χ0) is 10.5. The summed E-state index contributed by atoms with van der Waals surface area (Å²) in [6.45, 7) is 2.37. The Bertz CT molecular complexity index is 299. The number of nitrogens with zero attached hydrogens (tertiary/aromatic N) is 1. The number of pyridine rings is 1. The van der Waals surface area contributed by atoms with Crippen LogP contribution in [0.2, 0.25) is 5.15 Å². The Balaban J connectivity index is 0.00000128. The molecule has 16 heavy (non-hydrogen) atoms. The third-order valence-electron chi connectivity index (χ3n) is 2.57. The number of hydrogen-bond acceptors (Lipinski definition) is 3. The number of hydrogen-bond donors (Lipinski definition) is 1. The van der Waals surface area contributed by atoms with Crippen LogP contribution < -0.4 is 5.32 Å². The van der Waals surface area contributed by atoms with Crippen LogP contribution in [0, 0.1) is 5.92 Å². The second-order valence-corrected chi connectivity index (χ2v) is 5.28. The molecule has 1 fully saturated rings. The largest absolute Gasteiger partial charge is 0.316 e. The summed E-state index contributed by atoms with van der Waals surface area (Å²) in [6, 6.07) is 3.91. The van der Waals surface area contributed by atoms with Gasteiger partial charge in [-0.3, -0.25) is 0 Å². The first kappa shape index (κ1) is 14.1. The molecule has 0 aromatic carbocycles. The van der Waals surface area contributed by atoms with Crippen LogP contribution in [0.15, 0.2) is 18.3 Å². The van der Waals surface area contributed by atoms with Crippen molar-refractivity contribution in [2.45, 2.75) is 12.2 Å². The maximum absolute atomic E-state index is 5.72. The van der Waals surface area contributed by atoms with Gasteiger partial charge in [-0.2, -0.15) is 11.8 Å². The lowest BCUT2D eigenvalue weighted by Crippen LogP contribution is -2.10. The molecule has 1 saturated heterocycles. The van der Waals surface area contributed by atoms with Crippen molar-refractivity contribution >= 4 is 35.8 Å². The van der Waals surface area contributed by atoms with Gasteiger partial charge in [0.2, 0.25) is 0 Å². The first-order valence-corrected chi connectivity index (χ1v) is 6.77. The summed E-state index contributed by atoms with van der Waals surface area (Å²) in [4.78, 5) is 4.07. The minimum atomic E-state index is 0. The lowest BCUT2D eigenvalue weighted by atomic mass is 10.2. The fraction of sp³-hybridized carbons (Fsp3) is 0.545. The fourth-order valence-corrected chi connectivity index (χ4v) is 2.95. The molecule has 2 nitrogen and oxygen atoms in total. The Morgan fingerprint density at radius 1 is 1.50 bits per heavy atom. The van der Waals surface area contributed by atoms with Gasteiger partial charge in [-0.05, 0) is 42.8 Å². The molecule has 2 rings (SSSR count). The van der Waals surface area contributed by atoms with Crippen molar-refractivity contribution in [1.29, 1.82) is 0 Å². The molecule has 1 aromatic rings. The maximum atomic E-state index is 5.72. The molecule has 0 bridgehead atoms. The maximum Gasteiger partial charge on any atom is 0.129 e. The van der Waals surface area contributed by atoms with Gasteiger partial charge in [-0.25, -0.2) is 4.98 Å². The van der Waals surface area contributed by atoms with Crippen molar-refractivity contribution in [3.63, 3.8) is 0 Å². The molecule has 1 unspecified atom stereocenters. The summed E-state index contributed by atoms with van der Waals surface area (Å²) in [7, 11) is 0. The minimum Gasteiger partial charge on any atom is -0.316 e. The molecular weight excluding hydrogens is 263 g/mol. The number of thioether (sulfide) groups is 1. The fourth-order valence-electron chi connectivity index (χ4n) is 1.69. The van der Waals surface area contributed by atoms with E-state index >= 15 is 0 Å². The van der Waals surface area contributed by atoms with E-state index in [0.717, 1.165) is 11.7 Å². The Kier molecular flexibility index (Phi) is 6.51. The predicted molar refractivity (Wildman–Crippen MR) is 73.6 cm³/mol. The average molecular weight is 279 g/mol. The molecule has 0 aliphatic carbocycles. The van der Waals surface area contributed by atoms with Gasteiger partial charge in [0.1, 0.15) is 5.15 Å². The van der Waals surface area contributed by atoms with E-state index < -0.39 is 0 Å². The standard InChI is InChI=1S/C11H15ClN2S.ClH/c12-11-2-1-9(6-14-11)7-15-8-10-3-4-13-5-10;/h1-2,6,10,13H,3-5,7-8H2;1H. The Morgan fingerprint density at radius 2 is 2.38 bits per heavy atom. The van der Waals surface area contributed by atoms with Crippen LogP contribution in [0.25, 0.3) is 0 Å². The topological polar surface area (TPSA) is 24.9 Å². The van der Waals surface area contributed by atoms with Gasteiger partial charge in [0.15, 0.2) is 0 Å². The highest BCUT2D eigenvalue weighted by Crippen LogP contribution is 2.19. The summed E-state index contributed by atoms with van der Waals surface area (Å²) in [6.07, 6.45) is 3.19. The highest BCUT2D eigenvalue weighted by atomic mass is 35.5. The second kappa shape index (κ2) is 7.38. The monoisotopic (exact) mass is 278 g/mol. The molecule has 0 radical (unpaired) electrons. The molecule has 90 valence electrons. The molecule has 1 aromatic heterocycles. The average Bonchev–Trinajstić information content (AvgIpc) is 2.74. The van der Waals surface area contributed by atoms with Crippen molar-refractivity contribution in [2.24, 2.45) is 5.92 Å². The highest BCUT2D eigenvalue weighted by Gasteiger charge is 2.13. The van der Waals surface area contributed by atoms with Gasteiger partial charge in [0, 0.05) is 11.9 Å². The third-order valence-corrected chi connectivity index (χ3v) is 4.04. The van der Waals surface area contributed by atoms with Crippen LogP contribution >= 0.6 is 35.8 Å². The van der Waals surface area contributed by atoms with E-state index in [2.05, 4.69) is 16.4 Å². The van der Waals surface area contributed by atoms with Crippen LogP contribution in [0.1, 0.15) is 12.0 Å². The van der Waals surface area contributed by atoms with Crippen molar-refractivity contribution < 1.29 is 0 Å². The van der Waals surface area contributed by atoms with Gasteiger partial charge in [-0.1, -0.05) is 17.7 Å². The van der Waals surface area contributed by atoms with Crippen molar-refractivity contribution in [3.8, 4) is 0 Å². The number of nitrogens with one attached hydrogen (secondary N) is 1. The van der Waals surface area contributed by atoms with E-state index in [-0.39, 0.29) is 12.4 Å². The molecule has 1 aliphatic heterocycles. The van der Waals surface area contributed by atoms with E-state index in [0.29, 0.717) is 5.15 Å². The molecule has 1 atom stereocenters. The van der Waals surface area contributed by atoms with Gasteiger partial charge in [-0.15, -0.1) is 12.4 Å². The summed E-state index contributed by atoms with van der Waals surface area (Å²) in [5.41, 5.74) is 1.26. The van der Waals surface area contributed by atoms with E-state index in [4.69, 9.17) is 11.6 Å². The molecule has 0 spiro atoms. The van der Waals surface area contributed by atoms with Crippen LogP contribution in [0.5, 0.6) is 0 Å². The predicted octanol–water partition coefficient (Wildman–Crippen LogP) is 3.00. The zero-order valence-corrected chi connectivity index (χ0v) is 11.4. The molecular formula is C11H16Cl2N2S. The summed E-state index contributed by atoms with van der Waals surface area (Å²) in [5.74, 6) is 3.14. The van der Waals surface area contributed by atoms with Crippen LogP contribution in [0.4, 0.5) is 0 Å². The van der Waals surface area contributed by atoms with Crippen molar-refractivity contribution in [3.05, 3.63) is 29.0 Å². The van der Waals surface area contributed by atoms with Gasteiger partial charge in [0.25, 0.3) is 0 Å². The highest BCUT2D eigenvalue weighted by molar-refractivity contribution is 7.98. The third kappa shape index (κ3) is 4.50. The van der Waals surface area contributed by atoms with E-state index in [1.807, 2.05) is 24.0 Å². The molecule has 5 heteroatoms. The quantitative estimate of drug-likeness (QED) is 0.858. The number of halogens is 2. The molecule has 2 heterocycles. The smallest absolute Gasteiger partial charge is 0.129 e. The van der Waals surface area contributed by atoms with Gasteiger partial charge in [0.05, 0.1) is 0 Å². The zero-order valence-electron chi connectivity index (χ0n) is 8.99. The van der Waals surface area contributed by atoms with Gasteiger partial charge < -0.3 is 5.32 Å². The van der Waals surface area contributed by atoms with Crippen LogP contribution in [-0.4, -0.2) is 23.8 Å². The van der Waals surface area contributed by atoms with Crippen LogP contribution in [-0.2, 0) is 5.75 Å². The van der Waals surface area contributed by atoms with E-state index in [9.17, 15) is 0 Å². The second-order valence-electron chi connectivity index (χ2n) is 3.86. The van der Waals surface area contributed by atoms with Crippen molar-refractivity contribution in [1.82, 2.24) is 10.3 Å². The SMILES string of the molecule is Cl.Clc1ccc(CSCC2CCNC2)cn1. The van der Waals surface area contributed by atoms with Crippen molar-refractivity contribution in [2.75, 3.05) is 18.8 Å². The summed E-state index contributed by atoms with van der Waals surface area (Å²) >= 11 is 7.71. The first-order valence-electron chi connectivity index (χ1n) is 5.23. The number of aromatic nitrogens is 1. The lowest BCUT2D eigenvalue weighted by molar-refractivity contribution is 0.662. The Morgan fingerprint density at radius 3 is 3.00 bits per heavy atom. The molecule has 1 aliphatic rings. The molecule has 1 N–H and O–H groups in total. The number of rotatable bonds is 4. The molecule has 0 saturated carbocycles. The van der Waals surface area contributed by atoms with E-state index in [1.54, 1.807) is 0 Å². The Labute approximate surface area is 112 Å². The van der Waals surface area contributed by atoms with Gasteiger partial charge >= 0.3 is 0 Å². The van der Waals surface area contributed by atoms with E-state index in [1.165, 1.54) is 30.8 Å². The summed E-state index contributed by atoms with van der Waals surface area (Å²) in [5, 5.41) is 3.96. The Hall–Kier alpha value is 0.0400. The minimum absolute atomic E-state index is 0. The lowest BCUT2D eigenvalue weighted by Gasteiger charge is -2.07. The van der Waals surface area contributed by atoms with Crippen LogP contribution in [0.3, 0.4) is 0 Å². The summed E-state index contributed by atoms with van der Waals surface area (Å²) < 4.78 is 0. The molecule has 0 amide bonds.